The van der Waals surface area contributed by atoms with Crippen molar-refractivity contribution >= 4 is 16.9 Å². The van der Waals surface area contributed by atoms with Crippen molar-refractivity contribution < 1.29 is 9.21 Å². The Balaban J connectivity index is 1.14. The van der Waals surface area contributed by atoms with Crippen molar-refractivity contribution in [3.05, 3.63) is 94.4 Å². The number of aromatic nitrogens is 4. The van der Waals surface area contributed by atoms with Gasteiger partial charge in [-0.15, -0.1) is 10.2 Å². The SMILES string of the molecule is Cc1ccccc1-c1nnc(-c2ccc(C(=O)N3CCC(n4c(=O)[nH]c5ccccc54)CC3)cc2)o1. The molecule has 3 aromatic carbocycles. The number of carbonyl (C=O) groups excluding carboxylic acids is 1. The Bertz CT molecular complexity index is 1600. The van der Waals surface area contributed by atoms with Crippen LogP contribution >= 0.6 is 0 Å². The molecule has 0 bridgehead atoms. The van der Waals surface area contributed by atoms with Crippen LogP contribution in [0, 0.1) is 6.92 Å². The first kappa shape index (κ1) is 22.0. The van der Waals surface area contributed by atoms with Crippen LogP contribution < -0.4 is 5.69 Å². The van der Waals surface area contributed by atoms with Crippen molar-refractivity contribution in [2.45, 2.75) is 25.8 Å². The summed E-state index contributed by atoms with van der Waals surface area (Å²) in [5.74, 6) is 0.870. The number of carbonyl (C=O) groups is 1. The zero-order chi connectivity index (χ0) is 24.6. The molecular weight excluding hydrogens is 454 g/mol. The van der Waals surface area contributed by atoms with Gasteiger partial charge in [-0.2, -0.15) is 0 Å². The van der Waals surface area contributed by atoms with Gasteiger partial charge in [0.1, 0.15) is 0 Å². The van der Waals surface area contributed by atoms with Gasteiger partial charge in [0.15, 0.2) is 0 Å². The minimum absolute atomic E-state index is 0.0163. The van der Waals surface area contributed by atoms with Crippen molar-refractivity contribution in [1.82, 2.24) is 24.6 Å². The molecule has 0 spiro atoms. The number of hydrogen-bond acceptors (Lipinski definition) is 5. The second-order valence-electron chi connectivity index (χ2n) is 9.15. The number of hydrogen-bond donors (Lipinski definition) is 1. The van der Waals surface area contributed by atoms with Gasteiger partial charge < -0.3 is 14.3 Å². The molecular formula is C28H25N5O3. The van der Waals surface area contributed by atoms with Crippen LogP contribution in [0.2, 0.25) is 0 Å². The molecule has 6 rings (SSSR count). The summed E-state index contributed by atoms with van der Waals surface area (Å²) >= 11 is 0. The van der Waals surface area contributed by atoms with Crippen LogP contribution in [0.15, 0.2) is 82.0 Å². The van der Waals surface area contributed by atoms with E-state index in [9.17, 15) is 9.59 Å². The maximum absolute atomic E-state index is 13.1. The molecule has 1 N–H and O–H groups in total. The van der Waals surface area contributed by atoms with E-state index < -0.39 is 0 Å². The molecule has 0 atom stereocenters. The predicted octanol–water partition coefficient (Wildman–Crippen LogP) is 4.83. The number of H-pyrrole nitrogens is 1. The second-order valence-corrected chi connectivity index (χ2v) is 9.15. The highest BCUT2D eigenvalue weighted by atomic mass is 16.4. The molecule has 5 aromatic rings. The van der Waals surface area contributed by atoms with Gasteiger partial charge in [-0.25, -0.2) is 4.79 Å². The van der Waals surface area contributed by atoms with E-state index in [-0.39, 0.29) is 17.6 Å². The minimum atomic E-state index is -0.0943. The number of fused-ring (bicyclic) bond motifs is 1. The zero-order valence-corrected chi connectivity index (χ0v) is 19.8. The van der Waals surface area contributed by atoms with E-state index in [1.807, 2.05) is 77.1 Å². The molecule has 0 aliphatic carbocycles. The molecule has 8 nitrogen and oxygen atoms in total. The first-order chi connectivity index (χ1) is 17.6. The molecule has 180 valence electrons. The molecule has 0 saturated carbocycles. The van der Waals surface area contributed by atoms with Crippen molar-refractivity contribution in [3.63, 3.8) is 0 Å². The number of likely N-dealkylation sites (tertiary alicyclic amines) is 1. The predicted molar refractivity (Wildman–Crippen MR) is 137 cm³/mol. The van der Waals surface area contributed by atoms with Gasteiger partial charge in [0.05, 0.1) is 11.0 Å². The van der Waals surface area contributed by atoms with E-state index in [4.69, 9.17) is 4.42 Å². The van der Waals surface area contributed by atoms with Crippen LogP contribution in [0.4, 0.5) is 0 Å². The van der Waals surface area contributed by atoms with Crippen molar-refractivity contribution in [2.75, 3.05) is 13.1 Å². The topological polar surface area (TPSA) is 97.0 Å². The van der Waals surface area contributed by atoms with Gasteiger partial charge in [-0.05, 0) is 67.8 Å². The highest BCUT2D eigenvalue weighted by Crippen LogP contribution is 2.28. The monoisotopic (exact) mass is 479 g/mol. The van der Waals surface area contributed by atoms with Crippen LogP contribution in [0.1, 0.15) is 34.8 Å². The first-order valence-electron chi connectivity index (χ1n) is 12.1. The van der Waals surface area contributed by atoms with Gasteiger partial charge in [0.25, 0.3) is 5.91 Å². The summed E-state index contributed by atoms with van der Waals surface area (Å²) in [6.07, 6.45) is 1.46. The van der Waals surface area contributed by atoms with E-state index in [0.717, 1.165) is 40.6 Å². The summed E-state index contributed by atoms with van der Waals surface area (Å²) in [6, 6.07) is 22.9. The molecule has 36 heavy (non-hydrogen) atoms. The maximum atomic E-state index is 13.1. The Morgan fingerprint density at radius 2 is 1.61 bits per heavy atom. The first-order valence-corrected chi connectivity index (χ1v) is 12.1. The molecule has 1 amide bonds. The van der Waals surface area contributed by atoms with Crippen LogP contribution in [-0.4, -0.2) is 43.6 Å². The lowest BCUT2D eigenvalue weighted by Gasteiger charge is -2.32. The number of nitrogens with zero attached hydrogens (tertiary/aromatic N) is 4. The number of rotatable bonds is 4. The average Bonchev–Trinajstić information content (AvgIpc) is 3.53. The average molecular weight is 480 g/mol. The van der Waals surface area contributed by atoms with E-state index in [0.29, 0.717) is 30.4 Å². The number of piperidine rings is 1. The number of amides is 1. The van der Waals surface area contributed by atoms with E-state index in [1.54, 1.807) is 12.1 Å². The number of imidazole rings is 1. The molecule has 0 radical (unpaired) electrons. The molecule has 1 aliphatic rings. The summed E-state index contributed by atoms with van der Waals surface area (Å²) in [4.78, 5) is 30.5. The van der Waals surface area contributed by atoms with Crippen molar-refractivity contribution in [2.24, 2.45) is 0 Å². The van der Waals surface area contributed by atoms with Crippen LogP contribution in [0.3, 0.4) is 0 Å². The lowest BCUT2D eigenvalue weighted by molar-refractivity contribution is 0.0695. The van der Waals surface area contributed by atoms with Crippen molar-refractivity contribution in [1.29, 1.82) is 0 Å². The normalized spacial score (nSPS) is 14.4. The molecule has 3 heterocycles. The Morgan fingerprint density at radius 1 is 0.917 bits per heavy atom. The second kappa shape index (κ2) is 8.96. The maximum Gasteiger partial charge on any atom is 0.326 e. The largest absolute Gasteiger partial charge is 0.416 e. The number of aromatic amines is 1. The fourth-order valence-electron chi connectivity index (χ4n) is 4.96. The standard InChI is InChI=1S/C28H25N5O3/c1-18-6-2-3-7-22(18)26-31-30-25(36-26)19-10-12-20(13-11-19)27(34)32-16-14-21(15-17-32)33-24-9-5-4-8-23(24)29-28(33)35/h2-13,21H,14-17H2,1H3,(H,29,35). The van der Waals surface area contributed by atoms with E-state index in [2.05, 4.69) is 15.2 Å². The van der Waals surface area contributed by atoms with Crippen LogP contribution in [0.5, 0.6) is 0 Å². The summed E-state index contributed by atoms with van der Waals surface area (Å²) in [5, 5.41) is 8.38. The molecule has 1 saturated heterocycles. The van der Waals surface area contributed by atoms with Gasteiger partial charge in [-0.3, -0.25) is 9.36 Å². The fourth-order valence-corrected chi connectivity index (χ4v) is 4.96. The number of benzene rings is 3. The lowest BCUT2D eigenvalue weighted by Crippen LogP contribution is -2.40. The van der Waals surface area contributed by atoms with Crippen LogP contribution in [-0.2, 0) is 0 Å². The third-order valence-electron chi connectivity index (χ3n) is 6.92. The summed E-state index contributed by atoms with van der Waals surface area (Å²) in [5.41, 5.74) is 5.00. The lowest BCUT2D eigenvalue weighted by atomic mass is 10.0. The Kier molecular flexibility index (Phi) is 5.48. The molecule has 0 unspecified atom stereocenters. The summed E-state index contributed by atoms with van der Waals surface area (Å²) in [7, 11) is 0. The fraction of sp³-hybridized carbons (Fsp3) is 0.214. The smallest absolute Gasteiger partial charge is 0.326 e. The summed E-state index contributed by atoms with van der Waals surface area (Å²) in [6.45, 7) is 3.20. The molecule has 2 aromatic heterocycles. The van der Waals surface area contributed by atoms with E-state index in [1.165, 1.54) is 0 Å². The van der Waals surface area contributed by atoms with Gasteiger partial charge in [-0.1, -0.05) is 30.3 Å². The highest BCUT2D eigenvalue weighted by molar-refractivity contribution is 5.94. The molecule has 1 aliphatic heterocycles. The van der Waals surface area contributed by atoms with Crippen molar-refractivity contribution in [3.8, 4) is 22.9 Å². The van der Waals surface area contributed by atoms with Gasteiger partial charge in [0, 0.05) is 35.8 Å². The highest BCUT2D eigenvalue weighted by Gasteiger charge is 2.26. The zero-order valence-electron chi connectivity index (χ0n) is 19.8. The Hall–Kier alpha value is -4.46. The number of para-hydroxylation sites is 2. The Labute approximate surface area is 207 Å². The molecule has 8 heteroatoms. The van der Waals surface area contributed by atoms with E-state index >= 15 is 0 Å². The third kappa shape index (κ3) is 3.90. The molecule has 1 fully saturated rings. The number of nitrogens with one attached hydrogen (secondary N) is 1. The van der Waals surface area contributed by atoms with Gasteiger partial charge in [0.2, 0.25) is 11.8 Å². The Morgan fingerprint density at radius 3 is 2.39 bits per heavy atom. The minimum Gasteiger partial charge on any atom is -0.416 e. The summed E-state index contributed by atoms with van der Waals surface area (Å²) < 4.78 is 7.73. The quantitative estimate of drug-likeness (QED) is 0.398. The third-order valence-corrected chi connectivity index (χ3v) is 6.92. The number of aryl methyl sites for hydroxylation is 1. The van der Waals surface area contributed by atoms with Crippen LogP contribution in [0.25, 0.3) is 33.9 Å². The van der Waals surface area contributed by atoms with Gasteiger partial charge >= 0.3 is 5.69 Å².